The Bertz CT molecular complexity index is 2510. The van der Waals surface area contributed by atoms with Gasteiger partial charge in [-0.3, -0.25) is 19.7 Å². The van der Waals surface area contributed by atoms with Crippen LogP contribution in [0.5, 0.6) is 5.75 Å². The zero-order valence-electron chi connectivity index (χ0n) is 30.1. The van der Waals surface area contributed by atoms with Crippen molar-refractivity contribution in [3.63, 3.8) is 0 Å². The first-order chi connectivity index (χ1) is 27.7. The fraction of sp³-hybridized carbons (Fsp3) is 0.179. The quantitative estimate of drug-likeness (QED) is 0.0479. The molecule has 14 nitrogen and oxygen atoms in total. The van der Waals surface area contributed by atoms with Crippen LogP contribution in [0, 0.1) is 22.0 Å². The van der Waals surface area contributed by atoms with Crippen LogP contribution in [0.1, 0.15) is 37.5 Å². The van der Waals surface area contributed by atoms with Crippen LogP contribution >= 0.6 is 11.8 Å². The maximum Gasteiger partial charge on any atom is 0.416 e. The second-order valence-electron chi connectivity index (χ2n) is 12.6. The van der Waals surface area contributed by atoms with Gasteiger partial charge in [-0.15, -0.1) is 16.9 Å². The van der Waals surface area contributed by atoms with E-state index in [1.807, 2.05) is 35.1 Å². The number of thioether (sulfide) groups is 1. The van der Waals surface area contributed by atoms with Gasteiger partial charge in [0.2, 0.25) is 0 Å². The molecule has 2 heterocycles. The molecule has 58 heavy (non-hydrogen) atoms. The molecule has 0 bridgehead atoms. The van der Waals surface area contributed by atoms with Crippen molar-refractivity contribution in [1.29, 1.82) is 0 Å². The lowest BCUT2D eigenvalue weighted by atomic mass is 10.0. The Morgan fingerprint density at radius 3 is 2.33 bits per heavy atom. The second-order valence-corrected chi connectivity index (χ2v) is 15.4. The number of aromatic hydroxyl groups is 1. The standard InChI is InChI=1S/C39H32F3N7O7S2/c40-39(41,42)29-21-27(12-11-26-6-4-7-30(50)22-26)20-28(23-29)38(52)48-17-15-47(16-18-48)35-24-33(43-14-19-57-31-8-2-1-3-9-31)34(49(53)54)25-36(35)58(55,56)46-37(51)32-10-5-13-44-45-32/h1-10,13,20-25,43,50H,14-19H2,(H,46,51). The van der Waals surface area contributed by atoms with E-state index >= 15 is 0 Å². The average molecular weight is 832 g/mol. The summed E-state index contributed by atoms with van der Waals surface area (Å²) >= 11 is 1.49. The molecule has 0 unspecified atom stereocenters. The largest absolute Gasteiger partial charge is 0.508 e. The third-order valence-corrected chi connectivity index (χ3v) is 11.0. The van der Waals surface area contributed by atoms with Gasteiger partial charge >= 0.3 is 6.18 Å². The van der Waals surface area contributed by atoms with Crippen LogP contribution in [-0.4, -0.2) is 83.8 Å². The third kappa shape index (κ3) is 10.2. The SMILES string of the molecule is O=C(NS(=O)(=O)c1cc([N+](=O)[O-])c(NCCSc2ccccc2)cc1N1CCN(C(=O)c2cc(C#Cc3cccc(O)c3)cc(C(F)(F)F)c2)CC1)c1cccnn1. The number of benzene rings is 4. The summed E-state index contributed by atoms with van der Waals surface area (Å²) in [4.78, 5) is 41.4. The molecule has 0 atom stereocenters. The van der Waals surface area contributed by atoms with Crippen LogP contribution in [0.25, 0.3) is 0 Å². The number of anilines is 2. The number of hydrogen-bond donors (Lipinski definition) is 3. The number of amides is 2. The van der Waals surface area contributed by atoms with Crippen molar-refractivity contribution in [3.05, 3.63) is 141 Å². The summed E-state index contributed by atoms with van der Waals surface area (Å²) in [6, 6.07) is 22.7. The molecule has 1 aliphatic rings. The molecule has 0 spiro atoms. The molecule has 4 aromatic carbocycles. The highest BCUT2D eigenvalue weighted by Crippen LogP contribution is 2.37. The summed E-state index contributed by atoms with van der Waals surface area (Å²) in [7, 11) is -4.81. The highest BCUT2D eigenvalue weighted by Gasteiger charge is 2.34. The molecular formula is C39H32F3N7O7S2. The summed E-state index contributed by atoms with van der Waals surface area (Å²) < 4.78 is 71.4. The van der Waals surface area contributed by atoms with Crippen LogP contribution in [0.3, 0.4) is 0 Å². The number of phenolic OH excluding ortho intramolecular Hbond substituents is 1. The summed E-state index contributed by atoms with van der Waals surface area (Å²) in [6.45, 7) is -0.0153. The Balaban J connectivity index is 1.28. The molecule has 1 saturated heterocycles. The number of phenols is 1. The van der Waals surface area contributed by atoms with Crippen LogP contribution in [0.4, 0.5) is 30.2 Å². The molecule has 3 N–H and O–H groups in total. The molecular weight excluding hydrogens is 800 g/mol. The maximum atomic E-state index is 14.0. The predicted octanol–water partition coefficient (Wildman–Crippen LogP) is 5.79. The van der Waals surface area contributed by atoms with Crippen molar-refractivity contribution in [2.45, 2.75) is 16.0 Å². The Labute approximate surface area is 334 Å². The number of carbonyl (C=O) groups is 2. The molecule has 0 radical (unpaired) electrons. The summed E-state index contributed by atoms with van der Waals surface area (Å²) in [5.74, 6) is 3.85. The van der Waals surface area contributed by atoms with E-state index in [0.717, 1.165) is 23.1 Å². The normalized spacial score (nSPS) is 12.9. The van der Waals surface area contributed by atoms with Gasteiger partial charge in [0.1, 0.15) is 16.3 Å². The van der Waals surface area contributed by atoms with Gasteiger partial charge in [-0.25, -0.2) is 13.1 Å². The van der Waals surface area contributed by atoms with Crippen LogP contribution in [-0.2, 0) is 16.2 Å². The number of carbonyl (C=O) groups excluding carboxylic acids is 2. The van der Waals surface area contributed by atoms with Gasteiger partial charge in [-0.1, -0.05) is 36.1 Å². The highest BCUT2D eigenvalue weighted by molar-refractivity contribution is 7.99. The molecule has 2 amide bonds. The van der Waals surface area contributed by atoms with E-state index in [0.29, 0.717) is 11.3 Å². The Kier molecular flexibility index (Phi) is 12.5. The maximum absolute atomic E-state index is 14.0. The number of halogens is 3. The lowest BCUT2D eigenvalue weighted by molar-refractivity contribution is -0.384. The highest BCUT2D eigenvalue weighted by atomic mass is 32.2. The fourth-order valence-corrected chi connectivity index (χ4v) is 7.86. The molecule has 298 valence electrons. The Morgan fingerprint density at radius 2 is 1.66 bits per heavy atom. The van der Waals surface area contributed by atoms with Crippen molar-refractivity contribution in [2.75, 3.05) is 48.7 Å². The van der Waals surface area contributed by atoms with E-state index in [4.69, 9.17) is 0 Å². The van der Waals surface area contributed by atoms with Crippen LogP contribution < -0.4 is 14.9 Å². The Morgan fingerprint density at radius 1 is 0.914 bits per heavy atom. The molecule has 1 aromatic heterocycles. The van der Waals surface area contributed by atoms with Crippen molar-refractivity contribution >= 4 is 50.7 Å². The number of hydrogen-bond acceptors (Lipinski definition) is 12. The van der Waals surface area contributed by atoms with Gasteiger partial charge in [0.05, 0.1) is 16.2 Å². The predicted molar refractivity (Wildman–Crippen MR) is 209 cm³/mol. The van der Waals surface area contributed by atoms with Gasteiger partial charge in [0, 0.05) is 72.3 Å². The van der Waals surface area contributed by atoms with Gasteiger partial charge in [0.25, 0.3) is 27.5 Å². The third-order valence-electron chi connectivity index (χ3n) is 8.64. The molecule has 0 aliphatic carbocycles. The first-order valence-electron chi connectivity index (χ1n) is 17.3. The minimum Gasteiger partial charge on any atom is -0.508 e. The zero-order chi connectivity index (χ0) is 41.5. The Hall–Kier alpha value is -6.65. The second kappa shape index (κ2) is 17.7. The molecule has 1 aliphatic heterocycles. The van der Waals surface area contributed by atoms with Gasteiger partial charge < -0.3 is 20.2 Å². The molecule has 0 saturated carbocycles. The molecule has 19 heteroatoms. The monoisotopic (exact) mass is 831 g/mol. The van der Waals surface area contributed by atoms with E-state index in [2.05, 4.69) is 27.4 Å². The summed E-state index contributed by atoms with van der Waals surface area (Å²) in [5.41, 5.74) is -2.07. The summed E-state index contributed by atoms with van der Waals surface area (Å²) in [6.07, 6.45) is -3.52. The van der Waals surface area contributed by atoms with E-state index in [1.165, 1.54) is 65.3 Å². The van der Waals surface area contributed by atoms with Crippen molar-refractivity contribution in [1.82, 2.24) is 19.8 Å². The first-order valence-corrected chi connectivity index (χ1v) is 19.8. The minimum absolute atomic E-state index is 0.00492. The lowest BCUT2D eigenvalue weighted by Crippen LogP contribution is -2.49. The van der Waals surface area contributed by atoms with Gasteiger partial charge in [-0.2, -0.15) is 18.3 Å². The average Bonchev–Trinajstić information content (AvgIpc) is 3.21. The number of sulfonamides is 1. The van der Waals surface area contributed by atoms with Crippen LogP contribution in [0.2, 0.25) is 0 Å². The van der Waals surface area contributed by atoms with Crippen molar-refractivity contribution in [3.8, 4) is 17.6 Å². The number of rotatable bonds is 11. The van der Waals surface area contributed by atoms with Crippen LogP contribution in [0.15, 0.2) is 113 Å². The molecule has 5 aromatic rings. The van der Waals surface area contributed by atoms with Gasteiger partial charge in [0.15, 0.2) is 5.69 Å². The number of nitrogens with zero attached hydrogens (tertiary/aromatic N) is 5. The molecule has 1 fully saturated rings. The minimum atomic E-state index is -4.81. The number of piperazine rings is 1. The van der Waals surface area contributed by atoms with E-state index in [1.54, 1.807) is 11.0 Å². The van der Waals surface area contributed by atoms with E-state index in [-0.39, 0.29) is 66.7 Å². The molecule has 6 rings (SSSR count). The van der Waals surface area contributed by atoms with E-state index in [9.17, 15) is 46.4 Å². The first kappa shape index (κ1) is 41.0. The number of alkyl halides is 3. The van der Waals surface area contributed by atoms with Gasteiger partial charge in [-0.05, 0) is 66.7 Å². The topological polar surface area (TPSA) is 188 Å². The lowest BCUT2D eigenvalue weighted by Gasteiger charge is -2.37. The summed E-state index contributed by atoms with van der Waals surface area (Å²) in [5, 5.41) is 32.2. The van der Waals surface area contributed by atoms with Crippen molar-refractivity contribution in [2.24, 2.45) is 0 Å². The fourth-order valence-electron chi connectivity index (χ4n) is 5.88. The zero-order valence-corrected chi connectivity index (χ0v) is 31.8. The number of aromatic nitrogens is 2. The number of nitro groups is 1. The van der Waals surface area contributed by atoms with E-state index < -0.39 is 49.1 Å². The number of nitro benzene ring substituents is 1. The van der Waals surface area contributed by atoms with Crippen molar-refractivity contribution < 1.29 is 41.2 Å². The number of nitrogens with one attached hydrogen (secondary N) is 2. The smallest absolute Gasteiger partial charge is 0.416 e.